The van der Waals surface area contributed by atoms with Gasteiger partial charge in [0.25, 0.3) is 0 Å². The first-order valence-electron chi connectivity index (χ1n) is 22.4. The summed E-state index contributed by atoms with van der Waals surface area (Å²) >= 11 is 0. The molecular weight excluding hydrogens is 779 g/mol. The predicted molar refractivity (Wildman–Crippen MR) is 267 cm³/mol. The van der Waals surface area contributed by atoms with Crippen LogP contribution in [0.2, 0.25) is 0 Å². The Balaban J connectivity index is 0.846. The Morgan fingerprint density at radius 2 is 1.03 bits per heavy atom. The van der Waals surface area contributed by atoms with Gasteiger partial charge in [-0.3, -0.25) is 0 Å². The van der Waals surface area contributed by atoms with E-state index in [0.717, 1.165) is 68.6 Å². The molecule has 0 saturated carbocycles. The molecule has 3 heteroatoms. The highest BCUT2D eigenvalue weighted by molar-refractivity contribution is 6.09. The van der Waals surface area contributed by atoms with Gasteiger partial charge in [0.05, 0.1) is 0 Å². The van der Waals surface area contributed by atoms with E-state index in [9.17, 15) is 0 Å². The highest BCUT2D eigenvalue weighted by Crippen LogP contribution is 2.44. The number of furan rings is 2. The van der Waals surface area contributed by atoms with Gasteiger partial charge in [0.15, 0.2) is 0 Å². The first-order valence-corrected chi connectivity index (χ1v) is 22.4. The van der Waals surface area contributed by atoms with E-state index in [4.69, 9.17) is 8.83 Å². The molecule has 0 aliphatic heterocycles. The molecule has 0 fully saturated rings. The van der Waals surface area contributed by atoms with Crippen molar-refractivity contribution < 1.29 is 8.83 Å². The second-order valence-corrected chi connectivity index (χ2v) is 17.2. The number of hydrogen-bond acceptors (Lipinski definition) is 3. The van der Waals surface area contributed by atoms with Gasteiger partial charge in [0, 0.05) is 56.2 Å². The Bertz CT molecular complexity index is 3420. The summed E-state index contributed by atoms with van der Waals surface area (Å²) in [6.45, 7) is 2.36. The van der Waals surface area contributed by atoms with Crippen molar-refractivity contribution in [2.45, 2.75) is 25.7 Å². The number of para-hydroxylation sites is 3. The molecule has 0 radical (unpaired) electrons. The number of nitrogens with zero attached hydrogens (tertiary/aromatic N) is 1. The number of benzene rings is 8. The van der Waals surface area contributed by atoms with Crippen LogP contribution in [0.4, 0.5) is 11.4 Å². The number of rotatable bonds is 8. The van der Waals surface area contributed by atoms with Crippen LogP contribution in [-0.2, 0) is 0 Å². The van der Waals surface area contributed by atoms with Crippen LogP contribution in [0.3, 0.4) is 0 Å². The summed E-state index contributed by atoms with van der Waals surface area (Å²) in [5.74, 6) is 1.56. The lowest BCUT2D eigenvalue weighted by Crippen LogP contribution is -2.23. The van der Waals surface area contributed by atoms with Crippen LogP contribution in [0.1, 0.15) is 48.1 Å². The average molecular weight is 824 g/mol. The van der Waals surface area contributed by atoms with Crippen LogP contribution in [0.15, 0.2) is 227 Å². The Morgan fingerprint density at radius 1 is 0.469 bits per heavy atom. The van der Waals surface area contributed by atoms with Gasteiger partial charge in [-0.25, -0.2) is 0 Å². The lowest BCUT2D eigenvalue weighted by molar-refractivity contribution is 0.516. The molecule has 0 spiro atoms. The molecule has 0 N–H and O–H groups in total. The molecule has 2 aliphatic rings. The van der Waals surface area contributed by atoms with Gasteiger partial charge in [-0.1, -0.05) is 183 Å². The van der Waals surface area contributed by atoms with Crippen molar-refractivity contribution in [2.24, 2.45) is 5.92 Å². The van der Waals surface area contributed by atoms with Gasteiger partial charge < -0.3 is 13.7 Å². The van der Waals surface area contributed by atoms with Crippen LogP contribution >= 0.6 is 0 Å². The van der Waals surface area contributed by atoms with Crippen molar-refractivity contribution >= 4 is 55.9 Å². The maximum Gasteiger partial charge on any atom is 0.143 e. The first kappa shape index (κ1) is 37.8. The number of allylic oxidation sites excluding steroid dienone is 5. The molecular formula is C61H45NO2. The van der Waals surface area contributed by atoms with Gasteiger partial charge >= 0.3 is 0 Å². The molecule has 2 atom stereocenters. The van der Waals surface area contributed by atoms with Gasteiger partial charge in [0.1, 0.15) is 22.5 Å². The molecule has 0 amide bonds. The van der Waals surface area contributed by atoms with Crippen molar-refractivity contribution in [1.82, 2.24) is 0 Å². The minimum absolute atomic E-state index is 0.212. The summed E-state index contributed by atoms with van der Waals surface area (Å²) in [4.78, 5) is 2.44. The molecule has 8 aromatic carbocycles. The van der Waals surface area contributed by atoms with Crippen molar-refractivity contribution in [2.75, 3.05) is 4.90 Å². The second-order valence-electron chi connectivity index (χ2n) is 17.2. The molecule has 0 saturated heterocycles. The Hall–Kier alpha value is -7.88. The lowest BCUT2D eigenvalue weighted by Gasteiger charge is -2.34. The van der Waals surface area contributed by atoms with Crippen molar-refractivity contribution in [1.29, 1.82) is 0 Å². The molecule has 2 unspecified atom stereocenters. The van der Waals surface area contributed by atoms with Crippen molar-refractivity contribution in [3.63, 3.8) is 0 Å². The summed E-state index contributed by atoms with van der Waals surface area (Å²) in [6, 6.07) is 69.8. The maximum absolute atomic E-state index is 6.44. The molecule has 2 aliphatic carbocycles. The highest BCUT2D eigenvalue weighted by atomic mass is 16.3. The number of fused-ring (bicyclic) bond motifs is 6. The molecule has 0 bridgehead atoms. The fraction of sp³-hybridized carbons (Fsp3) is 0.0820. The minimum Gasteiger partial charge on any atom is -0.460 e. The smallest absolute Gasteiger partial charge is 0.143 e. The number of anilines is 2. The zero-order chi connectivity index (χ0) is 42.6. The Kier molecular flexibility index (Phi) is 9.34. The molecule has 2 aromatic heterocycles. The summed E-state index contributed by atoms with van der Waals surface area (Å²) < 4.78 is 12.8. The van der Waals surface area contributed by atoms with E-state index in [0.29, 0.717) is 0 Å². The Morgan fingerprint density at radius 3 is 1.72 bits per heavy atom. The third-order valence-corrected chi connectivity index (χ3v) is 13.4. The predicted octanol–water partition coefficient (Wildman–Crippen LogP) is 17.0. The third-order valence-electron chi connectivity index (χ3n) is 13.4. The summed E-state index contributed by atoms with van der Waals surface area (Å²) in [5.41, 5.74) is 18.5. The van der Waals surface area contributed by atoms with Crippen LogP contribution in [0.25, 0.3) is 77.9 Å². The van der Waals surface area contributed by atoms with E-state index in [1.54, 1.807) is 0 Å². The van der Waals surface area contributed by atoms with E-state index in [2.05, 4.69) is 212 Å². The quantitative estimate of drug-likeness (QED) is 0.153. The van der Waals surface area contributed by atoms with Crippen LogP contribution < -0.4 is 4.90 Å². The molecule has 306 valence electrons. The lowest BCUT2D eigenvalue weighted by atomic mass is 9.84. The normalized spacial score (nSPS) is 15.9. The van der Waals surface area contributed by atoms with Crippen LogP contribution in [-0.4, -0.2) is 0 Å². The fourth-order valence-electron chi connectivity index (χ4n) is 10.0. The van der Waals surface area contributed by atoms with Crippen molar-refractivity contribution in [3.05, 3.63) is 240 Å². The molecule has 3 nitrogen and oxygen atoms in total. The SMILES string of the molecule is CC1CC(c2ccc(C3CC=Cc4c3oc3ccccc43)cc2)=CC=C1N(c1ccc(-c2ccccc2)cc1)c1ccc(-c2ccc(-c3cccc4c3oc3ccccc34)cc2)cc1. The largest absolute Gasteiger partial charge is 0.460 e. The standard InChI is InChI=1S/C61H45NO2/c1-40-39-48(45-23-27-47(28-24-45)52-16-10-18-56-54-14-6-8-20-59(54)64-61(52)56)33-38-57(40)62(49-34-29-43(30-35-49)41-11-3-2-4-12-41)50-36-31-44(32-37-50)42-21-25-46(26-22-42)51-15-9-17-55-53-13-5-7-19-58(53)63-60(51)55/h2-15,17-38,40,52H,16,39H2,1H3. The molecule has 2 heterocycles. The summed E-state index contributed by atoms with van der Waals surface area (Å²) in [7, 11) is 0. The monoisotopic (exact) mass is 823 g/mol. The molecule has 10 aromatic rings. The third kappa shape index (κ3) is 6.69. The second kappa shape index (κ2) is 15.8. The number of hydrogen-bond donors (Lipinski definition) is 0. The van der Waals surface area contributed by atoms with Gasteiger partial charge in [-0.05, 0) is 99.8 Å². The molecule has 12 rings (SSSR count). The van der Waals surface area contributed by atoms with E-state index in [-0.39, 0.29) is 11.8 Å². The minimum atomic E-state index is 0.212. The van der Waals surface area contributed by atoms with Gasteiger partial charge in [-0.2, -0.15) is 0 Å². The van der Waals surface area contributed by atoms with Crippen LogP contribution in [0.5, 0.6) is 0 Å². The summed E-state index contributed by atoms with van der Waals surface area (Å²) in [6.07, 6.45) is 11.1. The highest BCUT2D eigenvalue weighted by Gasteiger charge is 2.27. The van der Waals surface area contributed by atoms with E-state index < -0.39 is 0 Å². The average Bonchev–Trinajstić information content (AvgIpc) is 3.94. The van der Waals surface area contributed by atoms with E-state index >= 15 is 0 Å². The summed E-state index contributed by atoms with van der Waals surface area (Å²) in [5, 5.41) is 3.48. The van der Waals surface area contributed by atoms with Gasteiger partial charge in [0.2, 0.25) is 0 Å². The Labute approximate surface area is 373 Å². The zero-order valence-corrected chi connectivity index (χ0v) is 35.6. The van der Waals surface area contributed by atoms with E-state index in [1.807, 2.05) is 18.2 Å². The first-order chi connectivity index (χ1) is 31.6. The topological polar surface area (TPSA) is 29.5 Å². The fourth-order valence-corrected chi connectivity index (χ4v) is 10.0. The van der Waals surface area contributed by atoms with Crippen LogP contribution in [0, 0.1) is 5.92 Å². The van der Waals surface area contributed by atoms with Gasteiger partial charge in [-0.15, -0.1) is 0 Å². The maximum atomic E-state index is 6.44. The molecule has 64 heavy (non-hydrogen) atoms. The zero-order valence-electron chi connectivity index (χ0n) is 35.6. The van der Waals surface area contributed by atoms with E-state index in [1.165, 1.54) is 55.6 Å². The van der Waals surface area contributed by atoms with Crippen molar-refractivity contribution in [3.8, 4) is 33.4 Å².